The average molecular weight is 240 g/mol. The van der Waals surface area contributed by atoms with Crippen molar-refractivity contribution >= 4 is 23.4 Å². The number of benzene rings is 1. The van der Waals surface area contributed by atoms with E-state index in [4.69, 9.17) is 16.3 Å². The van der Waals surface area contributed by atoms with Crippen LogP contribution in [0.15, 0.2) is 37.1 Å². The second kappa shape index (κ2) is 5.92. The summed E-state index contributed by atoms with van der Waals surface area (Å²) in [6.07, 6.45) is 4.39. The number of hydrogen-bond donors (Lipinski definition) is 0. The summed E-state index contributed by atoms with van der Waals surface area (Å²) in [5, 5.41) is 11.0. The lowest BCUT2D eigenvalue weighted by atomic mass is 10.2. The third-order valence-electron chi connectivity index (χ3n) is 1.77. The van der Waals surface area contributed by atoms with Crippen LogP contribution >= 0.6 is 11.6 Å². The number of hydrogen-bond acceptors (Lipinski definition) is 3. The number of rotatable bonds is 5. The van der Waals surface area contributed by atoms with E-state index in [1.807, 2.05) is 0 Å². The van der Waals surface area contributed by atoms with Crippen molar-refractivity contribution in [3.63, 3.8) is 0 Å². The van der Waals surface area contributed by atoms with Gasteiger partial charge in [-0.25, -0.2) is 0 Å². The molecule has 0 amide bonds. The molecule has 0 aromatic heterocycles. The number of nitro groups is 1. The Balaban J connectivity index is 2.96. The molecule has 0 spiro atoms. The van der Waals surface area contributed by atoms with E-state index in [-0.39, 0.29) is 5.69 Å². The van der Waals surface area contributed by atoms with Gasteiger partial charge < -0.3 is 4.74 Å². The lowest BCUT2D eigenvalue weighted by Crippen LogP contribution is -1.92. The topological polar surface area (TPSA) is 52.4 Å². The summed E-state index contributed by atoms with van der Waals surface area (Å²) in [7, 11) is 0. The Bertz CT molecular complexity index is 429. The average Bonchev–Trinajstić information content (AvgIpc) is 2.25. The number of nitrogens with zero attached hydrogens (tertiary/aromatic N) is 1. The van der Waals surface area contributed by atoms with Gasteiger partial charge >= 0.3 is 0 Å². The van der Waals surface area contributed by atoms with Crippen LogP contribution in [-0.4, -0.2) is 11.5 Å². The molecule has 0 bridgehead atoms. The Morgan fingerprint density at radius 3 is 2.94 bits per heavy atom. The van der Waals surface area contributed by atoms with Gasteiger partial charge in [-0.2, -0.15) is 0 Å². The smallest absolute Gasteiger partial charge is 0.278 e. The fourth-order valence-corrected chi connectivity index (χ4v) is 1.32. The zero-order valence-electron chi connectivity index (χ0n) is 8.43. The first-order chi connectivity index (χ1) is 7.66. The minimum absolute atomic E-state index is 0.0500. The van der Waals surface area contributed by atoms with E-state index >= 15 is 0 Å². The normalized spacial score (nSPS) is 10.3. The molecule has 0 aliphatic carbocycles. The van der Waals surface area contributed by atoms with E-state index in [0.717, 1.165) is 0 Å². The molecule has 1 aromatic carbocycles. The predicted molar refractivity (Wildman–Crippen MR) is 63.3 cm³/mol. The molecule has 5 heteroatoms. The summed E-state index contributed by atoms with van der Waals surface area (Å²) >= 11 is 5.85. The van der Waals surface area contributed by atoms with Gasteiger partial charge in [0.1, 0.15) is 6.61 Å². The van der Waals surface area contributed by atoms with Gasteiger partial charge in [0.2, 0.25) is 0 Å². The third kappa shape index (κ3) is 3.10. The first kappa shape index (κ1) is 12.3. The number of halogens is 1. The molecule has 0 fully saturated rings. The lowest BCUT2D eigenvalue weighted by Gasteiger charge is -2.00. The molecular weight excluding hydrogens is 230 g/mol. The highest BCUT2D eigenvalue weighted by Gasteiger charge is 2.13. The molecule has 0 unspecified atom stereocenters. The Morgan fingerprint density at radius 1 is 1.56 bits per heavy atom. The summed E-state index contributed by atoms with van der Waals surface area (Å²) in [6.45, 7) is 3.82. The van der Waals surface area contributed by atoms with E-state index in [1.165, 1.54) is 24.5 Å². The molecule has 0 atom stereocenters. The van der Waals surface area contributed by atoms with E-state index in [9.17, 15) is 10.1 Å². The molecule has 0 aliphatic rings. The standard InChI is InChI=1S/C11H10ClNO3/c1-2-7-16-8-6-9-10(12)4-3-5-11(9)13(14)15/h2-6,8H,1,7H2/b8-6+. The van der Waals surface area contributed by atoms with E-state index in [1.54, 1.807) is 12.1 Å². The van der Waals surface area contributed by atoms with Gasteiger partial charge in [-0.05, 0) is 12.1 Å². The molecule has 0 heterocycles. The summed E-state index contributed by atoms with van der Waals surface area (Å²) in [5.74, 6) is 0. The maximum atomic E-state index is 10.7. The van der Waals surface area contributed by atoms with Crippen molar-refractivity contribution in [2.24, 2.45) is 0 Å². The second-order valence-electron chi connectivity index (χ2n) is 2.85. The maximum absolute atomic E-state index is 10.7. The van der Waals surface area contributed by atoms with Crippen LogP contribution in [0, 0.1) is 10.1 Å². The van der Waals surface area contributed by atoms with Crippen LogP contribution in [-0.2, 0) is 4.74 Å². The monoisotopic (exact) mass is 239 g/mol. The van der Waals surface area contributed by atoms with Crippen LogP contribution in [0.25, 0.3) is 6.08 Å². The van der Waals surface area contributed by atoms with Crippen molar-refractivity contribution in [2.45, 2.75) is 0 Å². The van der Waals surface area contributed by atoms with Crippen molar-refractivity contribution < 1.29 is 9.66 Å². The van der Waals surface area contributed by atoms with Gasteiger partial charge in [-0.1, -0.05) is 30.3 Å². The van der Waals surface area contributed by atoms with E-state index in [2.05, 4.69) is 6.58 Å². The Kier molecular flexibility index (Phi) is 4.54. The predicted octanol–water partition coefficient (Wildman–Crippen LogP) is 3.42. The van der Waals surface area contributed by atoms with Crippen LogP contribution in [0.3, 0.4) is 0 Å². The summed E-state index contributed by atoms with van der Waals surface area (Å²) in [6, 6.07) is 4.50. The quantitative estimate of drug-likeness (QED) is 0.260. The molecule has 0 N–H and O–H groups in total. The molecule has 4 nitrogen and oxygen atoms in total. The third-order valence-corrected chi connectivity index (χ3v) is 2.10. The summed E-state index contributed by atoms with van der Waals surface area (Å²) in [4.78, 5) is 10.2. The fourth-order valence-electron chi connectivity index (χ4n) is 1.09. The Hall–Kier alpha value is -1.81. The highest BCUT2D eigenvalue weighted by atomic mass is 35.5. The molecule has 84 valence electrons. The van der Waals surface area contributed by atoms with Crippen molar-refractivity contribution in [2.75, 3.05) is 6.61 Å². The van der Waals surface area contributed by atoms with Gasteiger partial charge in [0.25, 0.3) is 5.69 Å². The maximum Gasteiger partial charge on any atom is 0.278 e. The zero-order chi connectivity index (χ0) is 12.0. The van der Waals surface area contributed by atoms with Crippen LogP contribution in [0.5, 0.6) is 0 Å². The Labute approximate surface area is 97.9 Å². The summed E-state index contributed by atoms with van der Waals surface area (Å²) < 4.78 is 5.00. The first-order valence-electron chi connectivity index (χ1n) is 4.48. The minimum atomic E-state index is -0.487. The van der Waals surface area contributed by atoms with Crippen molar-refractivity contribution in [1.82, 2.24) is 0 Å². The molecule has 16 heavy (non-hydrogen) atoms. The van der Waals surface area contributed by atoms with Crippen LogP contribution in [0.2, 0.25) is 5.02 Å². The molecule has 0 saturated carbocycles. The van der Waals surface area contributed by atoms with Gasteiger partial charge in [0, 0.05) is 6.07 Å². The largest absolute Gasteiger partial charge is 0.497 e. The van der Waals surface area contributed by atoms with Gasteiger partial charge in [-0.3, -0.25) is 10.1 Å². The highest BCUT2D eigenvalue weighted by Crippen LogP contribution is 2.27. The van der Waals surface area contributed by atoms with Crippen molar-refractivity contribution in [1.29, 1.82) is 0 Å². The van der Waals surface area contributed by atoms with Crippen LogP contribution in [0.1, 0.15) is 5.56 Å². The Morgan fingerprint density at radius 2 is 2.31 bits per heavy atom. The van der Waals surface area contributed by atoms with Crippen molar-refractivity contribution in [3.8, 4) is 0 Å². The SMILES string of the molecule is C=CCO/C=C/c1c(Cl)cccc1[N+](=O)[O-]. The second-order valence-corrected chi connectivity index (χ2v) is 3.26. The lowest BCUT2D eigenvalue weighted by molar-refractivity contribution is -0.385. The number of ether oxygens (including phenoxy) is 1. The highest BCUT2D eigenvalue weighted by molar-refractivity contribution is 6.32. The van der Waals surface area contributed by atoms with Gasteiger partial charge in [0.15, 0.2) is 0 Å². The van der Waals surface area contributed by atoms with Crippen molar-refractivity contribution in [3.05, 3.63) is 57.8 Å². The molecule has 1 aromatic rings. The fraction of sp³-hybridized carbons (Fsp3) is 0.0909. The molecular formula is C11H10ClNO3. The van der Waals surface area contributed by atoms with Crippen LogP contribution < -0.4 is 0 Å². The summed E-state index contributed by atoms with van der Waals surface area (Å²) in [5.41, 5.74) is 0.282. The zero-order valence-corrected chi connectivity index (χ0v) is 9.18. The molecule has 0 radical (unpaired) electrons. The molecule has 0 saturated heterocycles. The van der Waals surface area contributed by atoms with Crippen LogP contribution in [0.4, 0.5) is 5.69 Å². The number of nitro benzene ring substituents is 1. The van der Waals surface area contributed by atoms with E-state index < -0.39 is 4.92 Å². The van der Waals surface area contributed by atoms with E-state index in [0.29, 0.717) is 17.2 Å². The first-order valence-corrected chi connectivity index (χ1v) is 4.86. The van der Waals surface area contributed by atoms with Gasteiger partial charge in [-0.15, -0.1) is 0 Å². The molecule has 1 rings (SSSR count). The molecule has 0 aliphatic heterocycles. The minimum Gasteiger partial charge on any atom is -0.497 e. The van der Waals surface area contributed by atoms with Gasteiger partial charge in [0.05, 0.1) is 21.8 Å².